The number of esters is 1. The Balaban J connectivity index is 1.90. The molecule has 19 heavy (non-hydrogen) atoms. The van der Waals surface area contributed by atoms with E-state index in [2.05, 4.69) is 22.2 Å². The molecule has 0 aliphatic heterocycles. The van der Waals surface area contributed by atoms with Crippen LogP contribution in [-0.4, -0.2) is 13.1 Å². The van der Waals surface area contributed by atoms with Crippen LogP contribution in [0.5, 0.6) is 0 Å². The van der Waals surface area contributed by atoms with Crippen LogP contribution in [0.3, 0.4) is 0 Å². The Morgan fingerprint density at radius 1 is 1.37 bits per heavy atom. The molecular formula is C13H11NO3S2. The van der Waals surface area contributed by atoms with Gasteiger partial charge in [0.15, 0.2) is 0 Å². The van der Waals surface area contributed by atoms with Crippen molar-refractivity contribution in [2.24, 2.45) is 5.73 Å². The molecular weight excluding hydrogens is 282 g/mol. The predicted octanol–water partition coefficient (Wildman–Crippen LogP) is 3.39. The number of nitrogens with two attached hydrogens (primary N) is 1. The normalized spacial score (nSPS) is 12.7. The van der Waals surface area contributed by atoms with Gasteiger partial charge >= 0.3 is 5.97 Å². The van der Waals surface area contributed by atoms with E-state index in [9.17, 15) is 4.79 Å². The third-order valence-electron chi connectivity index (χ3n) is 2.78. The van der Waals surface area contributed by atoms with Crippen molar-refractivity contribution in [3.8, 4) is 0 Å². The molecule has 1 atom stereocenters. The number of hydrogen-bond acceptors (Lipinski definition) is 6. The summed E-state index contributed by atoms with van der Waals surface area (Å²) < 4.78 is 12.5. The highest BCUT2D eigenvalue weighted by Gasteiger charge is 2.19. The number of thiophene rings is 2. The molecule has 2 N–H and O–H groups in total. The largest absolute Gasteiger partial charge is 0.463 e. The number of furan rings is 1. The third-order valence-corrected chi connectivity index (χ3v) is 4.96. The molecule has 0 aliphatic carbocycles. The zero-order chi connectivity index (χ0) is 13.4. The van der Waals surface area contributed by atoms with E-state index in [-0.39, 0.29) is 11.8 Å². The van der Waals surface area contributed by atoms with Crippen molar-refractivity contribution in [2.75, 3.05) is 7.11 Å². The maximum atomic E-state index is 11.3. The Morgan fingerprint density at radius 3 is 2.95 bits per heavy atom. The highest BCUT2D eigenvalue weighted by Crippen LogP contribution is 2.35. The van der Waals surface area contributed by atoms with Gasteiger partial charge in [-0.1, -0.05) is 0 Å². The number of ether oxygens (including phenoxy) is 1. The molecule has 3 aromatic heterocycles. The van der Waals surface area contributed by atoms with Gasteiger partial charge in [0.1, 0.15) is 5.76 Å². The van der Waals surface area contributed by atoms with Gasteiger partial charge in [-0.15, -0.1) is 22.7 Å². The minimum Gasteiger partial charge on any atom is -0.463 e. The summed E-state index contributed by atoms with van der Waals surface area (Å²) in [5.74, 6) is 0.242. The summed E-state index contributed by atoms with van der Waals surface area (Å²) in [4.78, 5) is 12.4. The summed E-state index contributed by atoms with van der Waals surface area (Å²) in [5.41, 5.74) is 6.16. The van der Waals surface area contributed by atoms with Crippen LogP contribution in [0.25, 0.3) is 9.40 Å². The molecule has 0 saturated carbocycles. The molecule has 3 heterocycles. The molecule has 0 fully saturated rings. The van der Waals surface area contributed by atoms with Gasteiger partial charge in [0.25, 0.3) is 0 Å². The summed E-state index contributed by atoms with van der Waals surface area (Å²) in [6, 6.07) is 7.07. The van der Waals surface area contributed by atoms with Crippen molar-refractivity contribution in [1.29, 1.82) is 0 Å². The summed E-state index contributed by atoms with van der Waals surface area (Å²) in [5, 5.41) is 2.05. The molecule has 1 unspecified atom stereocenters. The highest BCUT2D eigenvalue weighted by atomic mass is 32.1. The molecule has 4 nitrogen and oxygen atoms in total. The topological polar surface area (TPSA) is 65.5 Å². The zero-order valence-corrected chi connectivity index (χ0v) is 11.7. The summed E-state index contributed by atoms with van der Waals surface area (Å²) in [6.45, 7) is 0. The van der Waals surface area contributed by atoms with Crippen LogP contribution >= 0.6 is 22.7 Å². The average molecular weight is 293 g/mol. The Bertz CT molecular complexity index is 696. The Kier molecular flexibility index (Phi) is 3.14. The second-order valence-electron chi connectivity index (χ2n) is 3.97. The summed E-state index contributed by atoms with van der Waals surface area (Å²) >= 11 is 3.32. The van der Waals surface area contributed by atoms with Gasteiger partial charge in [0.05, 0.1) is 13.2 Å². The number of hydrogen-bond donors (Lipinski definition) is 1. The Hall–Kier alpha value is -1.63. The minimum absolute atomic E-state index is 0.173. The minimum atomic E-state index is -0.495. The van der Waals surface area contributed by atoms with Crippen molar-refractivity contribution in [3.63, 3.8) is 0 Å². The lowest BCUT2D eigenvalue weighted by Crippen LogP contribution is -2.09. The van der Waals surface area contributed by atoms with Gasteiger partial charge in [0, 0.05) is 14.3 Å². The molecule has 0 spiro atoms. The van der Waals surface area contributed by atoms with E-state index in [0.717, 1.165) is 4.88 Å². The molecule has 0 radical (unpaired) electrons. The number of carbonyl (C=O) groups excluding carboxylic acids is 1. The molecule has 3 aromatic rings. The lowest BCUT2D eigenvalue weighted by Gasteiger charge is -2.05. The van der Waals surface area contributed by atoms with Gasteiger partial charge in [-0.25, -0.2) is 4.79 Å². The fourth-order valence-electron chi connectivity index (χ4n) is 1.81. The van der Waals surface area contributed by atoms with Crippen molar-refractivity contribution in [3.05, 3.63) is 46.0 Å². The van der Waals surface area contributed by atoms with E-state index in [1.807, 2.05) is 0 Å². The Morgan fingerprint density at radius 2 is 2.21 bits per heavy atom. The van der Waals surface area contributed by atoms with Crippen LogP contribution in [0, 0.1) is 0 Å². The third kappa shape index (κ3) is 2.18. The van der Waals surface area contributed by atoms with Crippen molar-refractivity contribution < 1.29 is 13.9 Å². The number of rotatable bonds is 3. The molecule has 3 rings (SSSR count). The molecule has 98 valence electrons. The summed E-state index contributed by atoms with van der Waals surface area (Å²) in [6.07, 6.45) is 0. The number of fused-ring (bicyclic) bond motifs is 1. The second kappa shape index (κ2) is 4.80. The molecule has 0 aliphatic rings. The van der Waals surface area contributed by atoms with E-state index < -0.39 is 5.97 Å². The first-order valence-electron chi connectivity index (χ1n) is 5.59. The maximum absolute atomic E-state index is 11.3. The maximum Gasteiger partial charge on any atom is 0.373 e. The van der Waals surface area contributed by atoms with E-state index in [1.54, 1.807) is 34.8 Å². The Labute approximate surface area is 117 Å². The smallest absolute Gasteiger partial charge is 0.373 e. The monoisotopic (exact) mass is 293 g/mol. The van der Waals surface area contributed by atoms with E-state index in [1.165, 1.54) is 16.5 Å². The van der Waals surface area contributed by atoms with Crippen LogP contribution in [0.2, 0.25) is 0 Å². The molecule has 6 heteroatoms. The summed E-state index contributed by atoms with van der Waals surface area (Å²) in [7, 11) is 1.32. The first kappa shape index (κ1) is 12.4. The van der Waals surface area contributed by atoms with E-state index >= 15 is 0 Å². The second-order valence-corrected chi connectivity index (χ2v) is 6.03. The van der Waals surface area contributed by atoms with Gasteiger partial charge < -0.3 is 14.9 Å². The number of methoxy groups -OCH3 is 1. The standard InChI is InChI=1S/C13H11NO3S2/c1-16-13(15)8-3-2-7(17-8)12(14)11-6-10-9(19-11)4-5-18-10/h2-6,12H,14H2,1H3. The van der Waals surface area contributed by atoms with Crippen molar-refractivity contribution in [2.45, 2.75) is 6.04 Å². The van der Waals surface area contributed by atoms with Crippen LogP contribution < -0.4 is 5.73 Å². The highest BCUT2D eigenvalue weighted by molar-refractivity contribution is 7.26. The van der Waals surface area contributed by atoms with Crippen LogP contribution in [0.4, 0.5) is 0 Å². The fraction of sp³-hybridized carbons (Fsp3) is 0.154. The molecule has 0 saturated heterocycles. The molecule has 0 aromatic carbocycles. The van der Waals surface area contributed by atoms with Gasteiger partial charge in [0.2, 0.25) is 5.76 Å². The van der Waals surface area contributed by atoms with Crippen molar-refractivity contribution >= 4 is 38.0 Å². The predicted molar refractivity (Wildman–Crippen MR) is 75.8 cm³/mol. The van der Waals surface area contributed by atoms with Gasteiger partial charge in [-0.05, 0) is 29.6 Å². The van der Waals surface area contributed by atoms with E-state index in [0.29, 0.717) is 5.76 Å². The lowest BCUT2D eigenvalue weighted by atomic mass is 10.2. The fourth-order valence-corrected chi connectivity index (χ4v) is 3.94. The van der Waals surface area contributed by atoms with Crippen LogP contribution in [0.1, 0.15) is 27.2 Å². The first-order valence-corrected chi connectivity index (χ1v) is 7.29. The lowest BCUT2D eigenvalue weighted by molar-refractivity contribution is 0.0563. The van der Waals surface area contributed by atoms with E-state index in [4.69, 9.17) is 10.2 Å². The molecule has 0 bridgehead atoms. The SMILES string of the molecule is COC(=O)c1ccc(C(N)c2cc3sccc3s2)o1. The van der Waals surface area contributed by atoms with Gasteiger partial charge in [-0.3, -0.25) is 0 Å². The van der Waals surface area contributed by atoms with Gasteiger partial charge in [-0.2, -0.15) is 0 Å². The molecule has 0 amide bonds. The van der Waals surface area contributed by atoms with Crippen molar-refractivity contribution in [1.82, 2.24) is 0 Å². The quantitative estimate of drug-likeness (QED) is 0.752. The van der Waals surface area contributed by atoms with Crippen LogP contribution in [0.15, 0.2) is 34.1 Å². The number of carbonyl (C=O) groups is 1. The zero-order valence-electron chi connectivity index (χ0n) is 10.1. The van der Waals surface area contributed by atoms with Crippen LogP contribution in [-0.2, 0) is 4.74 Å². The first-order chi connectivity index (χ1) is 9.19. The average Bonchev–Trinajstić information content (AvgIpc) is 3.10.